The van der Waals surface area contributed by atoms with Gasteiger partial charge in [0, 0.05) is 20.2 Å². The van der Waals surface area contributed by atoms with Gasteiger partial charge in [0.15, 0.2) is 0 Å². The summed E-state index contributed by atoms with van der Waals surface area (Å²) in [5.74, 6) is -0.838. The summed E-state index contributed by atoms with van der Waals surface area (Å²) in [5, 5.41) is 12.3. The molecule has 2 N–H and O–H groups in total. The number of nitrogens with zero attached hydrogens (tertiary/aromatic N) is 1. The molecule has 0 aromatic rings. The van der Waals surface area contributed by atoms with Crippen LogP contribution in [-0.4, -0.2) is 54.4 Å². The molecule has 1 saturated heterocycles. The standard InChI is InChI=1S/C15H28N2O4/c1-14(2,10-21-5)16-13(20)17-8-6-7-11(9-17)15(3,4)12(18)19/h11H,6-10H2,1-5H3,(H,16,20)(H,18,19). The molecule has 1 atom stereocenters. The Morgan fingerprint density at radius 2 is 1.95 bits per heavy atom. The van der Waals surface area contributed by atoms with Crippen LogP contribution in [0.5, 0.6) is 0 Å². The molecule has 1 aliphatic heterocycles. The van der Waals surface area contributed by atoms with E-state index in [1.807, 2.05) is 13.8 Å². The second-order valence-electron chi connectivity index (χ2n) is 7.06. The molecule has 0 spiro atoms. The van der Waals surface area contributed by atoms with Gasteiger partial charge >= 0.3 is 12.0 Å². The minimum atomic E-state index is -0.818. The number of carboxylic acids is 1. The highest BCUT2D eigenvalue weighted by Crippen LogP contribution is 2.34. The largest absolute Gasteiger partial charge is 0.481 e. The number of amides is 2. The number of likely N-dealkylation sites (tertiary alicyclic amines) is 1. The molecule has 0 saturated carbocycles. The summed E-state index contributed by atoms with van der Waals surface area (Å²) in [6.45, 7) is 8.84. The van der Waals surface area contributed by atoms with E-state index in [-0.39, 0.29) is 11.9 Å². The van der Waals surface area contributed by atoms with Crippen LogP contribution in [0.3, 0.4) is 0 Å². The lowest BCUT2D eigenvalue weighted by Gasteiger charge is -2.40. The first-order chi connectivity index (χ1) is 9.60. The fourth-order valence-electron chi connectivity index (χ4n) is 2.69. The predicted molar refractivity (Wildman–Crippen MR) is 80.2 cm³/mol. The minimum absolute atomic E-state index is 0.0277. The lowest BCUT2D eigenvalue weighted by molar-refractivity contribution is -0.151. The monoisotopic (exact) mass is 300 g/mol. The average molecular weight is 300 g/mol. The molecular weight excluding hydrogens is 272 g/mol. The van der Waals surface area contributed by atoms with Crippen molar-refractivity contribution in [2.45, 2.75) is 46.1 Å². The fourth-order valence-corrected chi connectivity index (χ4v) is 2.69. The third-order valence-electron chi connectivity index (χ3n) is 4.23. The first kappa shape index (κ1) is 17.8. The third kappa shape index (κ3) is 4.59. The second-order valence-corrected chi connectivity index (χ2v) is 7.06. The van der Waals surface area contributed by atoms with Crippen LogP contribution in [0.1, 0.15) is 40.5 Å². The molecule has 1 fully saturated rings. The molecule has 0 aromatic carbocycles. The summed E-state index contributed by atoms with van der Waals surface area (Å²) in [6, 6.07) is -0.150. The molecule has 122 valence electrons. The number of hydrogen-bond acceptors (Lipinski definition) is 3. The summed E-state index contributed by atoms with van der Waals surface area (Å²) < 4.78 is 5.09. The number of hydrogen-bond donors (Lipinski definition) is 2. The number of nitrogens with one attached hydrogen (secondary N) is 1. The maximum atomic E-state index is 12.3. The summed E-state index contributed by atoms with van der Waals surface area (Å²) >= 11 is 0. The molecule has 1 heterocycles. The van der Waals surface area contributed by atoms with Crippen molar-refractivity contribution in [3.63, 3.8) is 0 Å². The number of piperidine rings is 1. The zero-order chi connectivity index (χ0) is 16.3. The zero-order valence-corrected chi connectivity index (χ0v) is 13.7. The quantitative estimate of drug-likeness (QED) is 0.813. The van der Waals surface area contributed by atoms with Crippen molar-refractivity contribution in [2.24, 2.45) is 11.3 Å². The predicted octanol–water partition coefficient (Wildman–Crippen LogP) is 1.94. The number of carbonyl (C=O) groups excluding carboxylic acids is 1. The Labute approximate surface area is 126 Å². The summed E-state index contributed by atoms with van der Waals surface area (Å²) in [4.78, 5) is 25.4. The Kier molecular flexibility index (Phi) is 5.61. The van der Waals surface area contributed by atoms with Gasteiger partial charge in [0.05, 0.1) is 17.6 Å². The smallest absolute Gasteiger partial charge is 0.317 e. The van der Waals surface area contributed by atoms with E-state index in [2.05, 4.69) is 5.32 Å². The molecule has 1 unspecified atom stereocenters. The third-order valence-corrected chi connectivity index (χ3v) is 4.23. The molecule has 6 nitrogen and oxygen atoms in total. The Morgan fingerprint density at radius 3 is 2.48 bits per heavy atom. The van der Waals surface area contributed by atoms with Gasteiger partial charge in [-0.25, -0.2) is 4.79 Å². The molecule has 0 aliphatic carbocycles. The SMILES string of the molecule is COCC(C)(C)NC(=O)N1CCCC(C(C)(C)C(=O)O)C1. The molecule has 1 rings (SSSR count). The highest BCUT2D eigenvalue weighted by atomic mass is 16.5. The summed E-state index contributed by atoms with van der Waals surface area (Å²) in [7, 11) is 1.60. The molecule has 0 bridgehead atoms. The first-order valence-corrected chi connectivity index (χ1v) is 7.39. The highest BCUT2D eigenvalue weighted by molar-refractivity contribution is 5.76. The first-order valence-electron chi connectivity index (χ1n) is 7.39. The molecule has 2 amide bonds. The van der Waals surface area contributed by atoms with Crippen LogP contribution in [-0.2, 0) is 9.53 Å². The van der Waals surface area contributed by atoms with E-state index in [9.17, 15) is 14.7 Å². The van der Waals surface area contributed by atoms with Crippen LogP contribution in [0.15, 0.2) is 0 Å². The van der Waals surface area contributed by atoms with Crippen molar-refractivity contribution in [1.29, 1.82) is 0 Å². The topological polar surface area (TPSA) is 78.9 Å². The van der Waals surface area contributed by atoms with Crippen molar-refractivity contribution in [3.8, 4) is 0 Å². The number of aliphatic carboxylic acids is 1. The number of methoxy groups -OCH3 is 1. The lowest BCUT2D eigenvalue weighted by atomic mass is 9.74. The Bertz CT molecular complexity index is 393. The average Bonchev–Trinajstić information content (AvgIpc) is 2.38. The van der Waals surface area contributed by atoms with Gasteiger partial charge in [-0.1, -0.05) is 0 Å². The van der Waals surface area contributed by atoms with Crippen molar-refractivity contribution < 1.29 is 19.4 Å². The normalized spacial score (nSPS) is 20.2. The number of carbonyl (C=O) groups is 2. The van der Waals surface area contributed by atoms with Crippen LogP contribution in [0, 0.1) is 11.3 Å². The number of carboxylic acid groups (broad SMARTS) is 1. The molecule has 0 radical (unpaired) electrons. The van der Waals surface area contributed by atoms with E-state index in [1.54, 1.807) is 25.9 Å². The van der Waals surface area contributed by atoms with Crippen LogP contribution in [0.2, 0.25) is 0 Å². The maximum Gasteiger partial charge on any atom is 0.317 e. The van der Waals surface area contributed by atoms with Crippen molar-refractivity contribution in [3.05, 3.63) is 0 Å². The maximum absolute atomic E-state index is 12.3. The van der Waals surface area contributed by atoms with Gasteiger partial charge in [-0.15, -0.1) is 0 Å². The van der Waals surface area contributed by atoms with Crippen molar-refractivity contribution >= 4 is 12.0 Å². The van der Waals surface area contributed by atoms with E-state index < -0.39 is 16.9 Å². The van der Waals surface area contributed by atoms with Crippen molar-refractivity contribution in [2.75, 3.05) is 26.8 Å². The fraction of sp³-hybridized carbons (Fsp3) is 0.867. The van der Waals surface area contributed by atoms with Gasteiger partial charge in [-0.05, 0) is 46.5 Å². The van der Waals surface area contributed by atoms with E-state index >= 15 is 0 Å². The minimum Gasteiger partial charge on any atom is -0.481 e. The van der Waals surface area contributed by atoms with E-state index in [0.29, 0.717) is 19.7 Å². The van der Waals surface area contributed by atoms with Crippen LogP contribution >= 0.6 is 0 Å². The number of rotatable bonds is 5. The van der Waals surface area contributed by atoms with E-state index in [4.69, 9.17) is 4.74 Å². The van der Waals surface area contributed by atoms with Gasteiger partial charge < -0.3 is 20.1 Å². The Hall–Kier alpha value is -1.30. The van der Waals surface area contributed by atoms with Crippen LogP contribution < -0.4 is 5.32 Å². The van der Waals surface area contributed by atoms with Gasteiger partial charge in [0.2, 0.25) is 0 Å². The van der Waals surface area contributed by atoms with E-state index in [1.165, 1.54) is 0 Å². The summed E-state index contributed by atoms with van der Waals surface area (Å²) in [5.41, 5.74) is -1.26. The zero-order valence-electron chi connectivity index (χ0n) is 13.7. The number of ether oxygens (including phenoxy) is 1. The van der Waals surface area contributed by atoms with E-state index in [0.717, 1.165) is 12.8 Å². The molecule has 0 aromatic heterocycles. The molecular formula is C15H28N2O4. The van der Waals surface area contributed by atoms with Gasteiger partial charge in [-0.3, -0.25) is 4.79 Å². The molecule has 1 aliphatic rings. The molecule has 21 heavy (non-hydrogen) atoms. The van der Waals surface area contributed by atoms with Gasteiger partial charge in [-0.2, -0.15) is 0 Å². The second kappa shape index (κ2) is 6.64. The van der Waals surface area contributed by atoms with Gasteiger partial charge in [0.25, 0.3) is 0 Å². The highest BCUT2D eigenvalue weighted by Gasteiger charge is 2.40. The summed E-state index contributed by atoms with van der Waals surface area (Å²) in [6.07, 6.45) is 1.67. The number of urea groups is 1. The Morgan fingerprint density at radius 1 is 1.33 bits per heavy atom. The van der Waals surface area contributed by atoms with Crippen molar-refractivity contribution in [1.82, 2.24) is 10.2 Å². The Balaban J connectivity index is 2.68. The lowest BCUT2D eigenvalue weighted by Crippen LogP contribution is -2.55. The van der Waals surface area contributed by atoms with Gasteiger partial charge in [0.1, 0.15) is 0 Å². The van der Waals surface area contributed by atoms with Crippen LogP contribution in [0.4, 0.5) is 4.79 Å². The molecule has 6 heteroatoms. The van der Waals surface area contributed by atoms with Crippen LogP contribution in [0.25, 0.3) is 0 Å².